The molecule has 1 aliphatic rings. The fraction of sp³-hybridized carbons (Fsp3) is 0.571. The highest BCUT2D eigenvalue weighted by Crippen LogP contribution is 2.14. The van der Waals surface area contributed by atoms with Crippen molar-refractivity contribution < 1.29 is 19.1 Å². The van der Waals surface area contributed by atoms with E-state index in [1.54, 1.807) is 21.9 Å². The van der Waals surface area contributed by atoms with Gasteiger partial charge in [0.25, 0.3) is 0 Å². The van der Waals surface area contributed by atoms with Gasteiger partial charge in [-0.2, -0.15) is 0 Å². The van der Waals surface area contributed by atoms with Crippen LogP contribution in [0.3, 0.4) is 0 Å². The lowest BCUT2D eigenvalue weighted by atomic mass is 10.0. The highest BCUT2D eigenvalue weighted by Gasteiger charge is 2.26. The summed E-state index contributed by atoms with van der Waals surface area (Å²) >= 11 is 0. The van der Waals surface area contributed by atoms with Gasteiger partial charge in [0.05, 0.1) is 0 Å². The summed E-state index contributed by atoms with van der Waals surface area (Å²) in [7, 11) is 0. The van der Waals surface area contributed by atoms with Gasteiger partial charge >= 0.3 is 6.09 Å². The Labute approximate surface area is 161 Å². The molecule has 6 nitrogen and oxygen atoms in total. The predicted molar refractivity (Wildman–Crippen MR) is 104 cm³/mol. The molecule has 1 aromatic carbocycles. The van der Waals surface area contributed by atoms with Crippen molar-refractivity contribution in [1.82, 2.24) is 9.80 Å². The van der Waals surface area contributed by atoms with Crippen LogP contribution < -0.4 is 0 Å². The third-order valence-corrected chi connectivity index (χ3v) is 4.44. The summed E-state index contributed by atoms with van der Waals surface area (Å²) in [6, 6.07) is 7.39. The Kier molecular flexibility index (Phi) is 6.99. The third kappa shape index (κ3) is 6.70. The van der Waals surface area contributed by atoms with Gasteiger partial charge in [-0.25, -0.2) is 4.79 Å². The number of carbonyl (C=O) groups is 3. The topological polar surface area (TPSA) is 66.9 Å². The first-order valence-corrected chi connectivity index (χ1v) is 9.51. The van der Waals surface area contributed by atoms with Gasteiger partial charge in [-0.05, 0) is 34.1 Å². The molecule has 1 heterocycles. The van der Waals surface area contributed by atoms with Gasteiger partial charge in [0.15, 0.2) is 5.78 Å². The molecule has 1 saturated heterocycles. The van der Waals surface area contributed by atoms with E-state index in [1.807, 2.05) is 39.8 Å². The SMILES string of the molecule is Cc1ccc(C(=O)CCC(=O)N2CCCN(C(=O)OC(C)(C)C)CC2)cc1. The molecule has 1 aromatic rings. The number of nitrogens with zero attached hydrogens (tertiary/aromatic N) is 2. The quantitative estimate of drug-likeness (QED) is 0.758. The van der Waals surface area contributed by atoms with Crippen molar-refractivity contribution in [1.29, 1.82) is 0 Å². The summed E-state index contributed by atoms with van der Waals surface area (Å²) in [6.07, 6.45) is 0.760. The van der Waals surface area contributed by atoms with Crippen molar-refractivity contribution >= 4 is 17.8 Å². The van der Waals surface area contributed by atoms with Gasteiger partial charge in [0, 0.05) is 44.6 Å². The van der Waals surface area contributed by atoms with E-state index in [0.29, 0.717) is 38.2 Å². The molecule has 0 bridgehead atoms. The summed E-state index contributed by atoms with van der Waals surface area (Å²) in [5.74, 6) is -0.0601. The van der Waals surface area contributed by atoms with E-state index in [-0.39, 0.29) is 30.6 Å². The number of amides is 2. The van der Waals surface area contributed by atoms with E-state index >= 15 is 0 Å². The number of hydrogen-bond donors (Lipinski definition) is 0. The standard InChI is InChI=1S/C21H30N2O4/c1-16-6-8-17(9-7-16)18(24)10-11-19(25)22-12-5-13-23(15-14-22)20(26)27-21(2,3)4/h6-9H,5,10-15H2,1-4H3. The second-order valence-electron chi connectivity index (χ2n) is 7.99. The Hall–Kier alpha value is -2.37. The predicted octanol–water partition coefficient (Wildman–Crippen LogP) is 3.43. The lowest BCUT2D eigenvalue weighted by molar-refractivity contribution is -0.131. The lowest BCUT2D eigenvalue weighted by Gasteiger charge is -2.26. The van der Waals surface area contributed by atoms with Crippen molar-refractivity contribution in [2.75, 3.05) is 26.2 Å². The van der Waals surface area contributed by atoms with E-state index in [9.17, 15) is 14.4 Å². The summed E-state index contributed by atoms with van der Waals surface area (Å²) in [5, 5.41) is 0. The number of benzene rings is 1. The summed E-state index contributed by atoms with van der Waals surface area (Å²) in [5.41, 5.74) is 1.21. The van der Waals surface area contributed by atoms with Crippen molar-refractivity contribution in [3.8, 4) is 0 Å². The molecule has 0 N–H and O–H groups in total. The van der Waals surface area contributed by atoms with Gasteiger partial charge in [0.1, 0.15) is 5.60 Å². The molecule has 1 aliphatic heterocycles. The van der Waals surface area contributed by atoms with Crippen LogP contribution in [0.2, 0.25) is 0 Å². The molecule has 6 heteroatoms. The molecule has 27 heavy (non-hydrogen) atoms. The number of rotatable bonds is 4. The Morgan fingerprint density at radius 2 is 1.52 bits per heavy atom. The summed E-state index contributed by atoms with van der Waals surface area (Å²) in [6.45, 7) is 9.57. The lowest BCUT2D eigenvalue weighted by Crippen LogP contribution is -2.40. The van der Waals surface area contributed by atoms with E-state index in [4.69, 9.17) is 4.74 Å². The molecule has 0 unspecified atom stereocenters. The number of hydrogen-bond acceptors (Lipinski definition) is 4. The highest BCUT2D eigenvalue weighted by molar-refractivity contribution is 5.98. The van der Waals surface area contributed by atoms with Gasteiger partial charge in [-0.1, -0.05) is 29.8 Å². The largest absolute Gasteiger partial charge is 0.444 e. The Morgan fingerprint density at radius 1 is 0.926 bits per heavy atom. The first kappa shape index (κ1) is 20.9. The molecule has 0 saturated carbocycles. The molecule has 0 radical (unpaired) electrons. The molecular weight excluding hydrogens is 344 g/mol. The third-order valence-electron chi connectivity index (χ3n) is 4.44. The molecular formula is C21H30N2O4. The molecule has 148 valence electrons. The minimum atomic E-state index is -0.533. The Bertz CT molecular complexity index is 676. The molecule has 2 rings (SSSR count). The minimum Gasteiger partial charge on any atom is -0.444 e. The number of Topliss-reactive ketones (excluding diaryl/α,β-unsaturated/α-hetero) is 1. The van der Waals surface area contributed by atoms with Gasteiger partial charge in [-0.15, -0.1) is 0 Å². The van der Waals surface area contributed by atoms with Gasteiger partial charge in [0.2, 0.25) is 5.91 Å². The van der Waals surface area contributed by atoms with Crippen LogP contribution in [0.15, 0.2) is 24.3 Å². The van der Waals surface area contributed by atoms with Crippen LogP contribution in [0.1, 0.15) is 56.0 Å². The second kappa shape index (κ2) is 9.02. The zero-order valence-electron chi connectivity index (χ0n) is 16.8. The fourth-order valence-corrected chi connectivity index (χ4v) is 2.94. The van der Waals surface area contributed by atoms with Crippen LogP contribution in [-0.2, 0) is 9.53 Å². The number of carbonyl (C=O) groups excluding carboxylic acids is 3. The van der Waals surface area contributed by atoms with Crippen LogP contribution in [-0.4, -0.2) is 59.4 Å². The molecule has 0 aromatic heterocycles. The number of ether oxygens (including phenoxy) is 1. The van der Waals surface area contributed by atoms with E-state index in [0.717, 1.165) is 5.56 Å². The summed E-state index contributed by atoms with van der Waals surface area (Å²) in [4.78, 5) is 40.3. The molecule has 0 atom stereocenters. The molecule has 0 aliphatic carbocycles. The first-order valence-electron chi connectivity index (χ1n) is 9.51. The molecule has 2 amide bonds. The summed E-state index contributed by atoms with van der Waals surface area (Å²) < 4.78 is 5.40. The molecule has 0 spiro atoms. The van der Waals surface area contributed by atoms with Crippen LogP contribution >= 0.6 is 0 Å². The maximum atomic E-state index is 12.5. The van der Waals surface area contributed by atoms with Crippen LogP contribution in [0, 0.1) is 6.92 Å². The van der Waals surface area contributed by atoms with Crippen molar-refractivity contribution in [3.05, 3.63) is 35.4 Å². The number of aryl methyl sites for hydroxylation is 1. The smallest absolute Gasteiger partial charge is 0.410 e. The van der Waals surface area contributed by atoms with Crippen molar-refractivity contribution in [2.24, 2.45) is 0 Å². The Balaban J connectivity index is 1.82. The normalized spacial score (nSPS) is 15.3. The van der Waals surface area contributed by atoms with E-state index < -0.39 is 5.60 Å². The Morgan fingerprint density at radius 3 is 2.15 bits per heavy atom. The van der Waals surface area contributed by atoms with E-state index in [2.05, 4.69) is 0 Å². The monoisotopic (exact) mass is 374 g/mol. The highest BCUT2D eigenvalue weighted by atomic mass is 16.6. The maximum Gasteiger partial charge on any atom is 0.410 e. The zero-order chi connectivity index (χ0) is 20.0. The van der Waals surface area contributed by atoms with Crippen molar-refractivity contribution in [3.63, 3.8) is 0 Å². The number of ketones is 1. The van der Waals surface area contributed by atoms with Gasteiger partial charge < -0.3 is 14.5 Å². The zero-order valence-corrected chi connectivity index (χ0v) is 16.8. The van der Waals surface area contributed by atoms with Gasteiger partial charge in [-0.3, -0.25) is 9.59 Å². The minimum absolute atomic E-state index is 0.0199. The van der Waals surface area contributed by atoms with Crippen LogP contribution in [0.25, 0.3) is 0 Å². The second-order valence-corrected chi connectivity index (χ2v) is 7.99. The van der Waals surface area contributed by atoms with Crippen molar-refractivity contribution in [2.45, 2.75) is 52.6 Å². The molecule has 1 fully saturated rings. The average Bonchev–Trinajstić information content (AvgIpc) is 2.85. The van der Waals surface area contributed by atoms with Crippen LogP contribution in [0.5, 0.6) is 0 Å². The first-order chi connectivity index (χ1) is 12.7. The fourth-order valence-electron chi connectivity index (χ4n) is 2.94. The maximum absolute atomic E-state index is 12.5. The average molecular weight is 374 g/mol. The van der Waals surface area contributed by atoms with E-state index in [1.165, 1.54) is 0 Å². The van der Waals surface area contributed by atoms with Crippen LogP contribution in [0.4, 0.5) is 4.79 Å².